The fourth-order valence-corrected chi connectivity index (χ4v) is 2.62. The summed E-state index contributed by atoms with van der Waals surface area (Å²) in [6.45, 7) is 5.49. The number of hydrogen-bond donors (Lipinski definition) is 1. The Kier molecular flexibility index (Phi) is 6.42. The van der Waals surface area contributed by atoms with Crippen molar-refractivity contribution in [1.29, 1.82) is 0 Å². The van der Waals surface area contributed by atoms with Crippen LogP contribution >= 0.6 is 0 Å². The molecule has 0 fully saturated rings. The highest BCUT2D eigenvalue weighted by Gasteiger charge is 2.10. The van der Waals surface area contributed by atoms with Crippen molar-refractivity contribution in [2.75, 3.05) is 6.54 Å². The summed E-state index contributed by atoms with van der Waals surface area (Å²) in [6, 6.07) is 15.4. The van der Waals surface area contributed by atoms with E-state index < -0.39 is 0 Å². The molecule has 0 aliphatic carbocycles. The number of nitrogens with zero attached hydrogens (tertiary/aromatic N) is 1. The predicted octanol–water partition coefficient (Wildman–Crippen LogP) is 3.93. The van der Waals surface area contributed by atoms with Crippen LogP contribution in [-0.2, 0) is 12.8 Å². The van der Waals surface area contributed by atoms with Crippen molar-refractivity contribution in [2.24, 2.45) is 0 Å². The molecule has 0 aliphatic rings. The number of rotatable bonds is 8. The molecule has 2 heteroatoms. The molecule has 1 atom stereocenters. The molecule has 0 saturated carbocycles. The summed E-state index contributed by atoms with van der Waals surface area (Å²) >= 11 is 0. The van der Waals surface area contributed by atoms with Gasteiger partial charge in [0.1, 0.15) is 0 Å². The first kappa shape index (κ1) is 15.7. The highest BCUT2D eigenvalue weighted by Crippen LogP contribution is 2.12. The highest BCUT2D eigenvalue weighted by molar-refractivity contribution is 5.25. The van der Waals surface area contributed by atoms with Crippen LogP contribution in [0.15, 0.2) is 48.7 Å². The van der Waals surface area contributed by atoms with Crippen LogP contribution in [0.3, 0.4) is 0 Å². The lowest BCUT2D eigenvalue weighted by Gasteiger charge is -2.18. The maximum atomic E-state index is 4.46. The quantitative estimate of drug-likeness (QED) is 0.793. The van der Waals surface area contributed by atoms with E-state index in [-0.39, 0.29) is 0 Å². The molecule has 2 nitrogen and oxygen atoms in total. The Morgan fingerprint density at radius 1 is 1.10 bits per heavy atom. The molecule has 1 aromatic carbocycles. The van der Waals surface area contributed by atoms with E-state index >= 15 is 0 Å². The van der Waals surface area contributed by atoms with Crippen LogP contribution in [0, 0.1) is 6.92 Å². The molecule has 1 aromatic heterocycles. The molecule has 0 bridgehead atoms. The zero-order chi connectivity index (χ0) is 14.9. The first-order chi connectivity index (χ1) is 10.3. The van der Waals surface area contributed by atoms with Gasteiger partial charge in [0.2, 0.25) is 0 Å². The third-order valence-electron chi connectivity index (χ3n) is 3.89. The summed E-state index contributed by atoms with van der Waals surface area (Å²) in [5, 5.41) is 3.67. The summed E-state index contributed by atoms with van der Waals surface area (Å²) < 4.78 is 0. The van der Waals surface area contributed by atoms with Crippen LogP contribution in [0.2, 0.25) is 0 Å². The van der Waals surface area contributed by atoms with Gasteiger partial charge in [-0.25, -0.2) is 0 Å². The molecule has 0 aliphatic heterocycles. The van der Waals surface area contributed by atoms with Crippen molar-refractivity contribution in [3.8, 4) is 0 Å². The van der Waals surface area contributed by atoms with Gasteiger partial charge in [0.15, 0.2) is 0 Å². The average Bonchev–Trinajstić information content (AvgIpc) is 2.52. The fraction of sp³-hybridized carbons (Fsp3) is 0.421. The van der Waals surface area contributed by atoms with Crippen molar-refractivity contribution in [2.45, 2.75) is 45.6 Å². The van der Waals surface area contributed by atoms with Crippen molar-refractivity contribution in [3.63, 3.8) is 0 Å². The van der Waals surface area contributed by atoms with Crippen LogP contribution in [0.1, 0.15) is 36.6 Å². The van der Waals surface area contributed by atoms with Crippen LogP contribution in [0.5, 0.6) is 0 Å². The van der Waals surface area contributed by atoms with Crippen LogP contribution in [0.25, 0.3) is 0 Å². The van der Waals surface area contributed by atoms with Crippen LogP contribution < -0.4 is 5.32 Å². The molecule has 0 spiro atoms. The number of pyridine rings is 1. The Morgan fingerprint density at radius 2 is 1.90 bits per heavy atom. The first-order valence-electron chi connectivity index (χ1n) is 7.97. The van der Waals surface area contributed by atoms with Crippen molar-refractivity contribution in [1.82, 2.24) is 10.3 Å². The molecule has 0 radical (unpaired) electrons. The Morgan fingerprint density at radius 3 is 2.62 bits per heavy atom. The SMILES string of the molecule is CCCNC(CCc1ccccc1C)Cc1ccccn1. The van der Waals surface area contributed by atoms with Crippen molar-refractivity contribution in [3.05, 3.63) is 65.5 Å². The largest absolute Gasteiger partial charge is 0.314 e. The number of nitrogens with one attached hydrogen (secondary N) is 1. The Balaban J connectivity index is 1.94. The lowest BCUT2D eigenvalue weighted by molar-refractivity contribution is 0.473. The van der Waals surface area contributed by atoms with Crippen LogP contribution in [0.4, 0.5) is 0 Å². The number of hydrogen-bond acceptors (Lipinski definition) is 2. The Bertz CT molecular complexity index is 522. The second-order valence-corrected chi connectivity index (χ2v) is 5.64. The van der Waals surface area contributed by atoms with Gasteiger partial charge in [0.05, 0.1) is 0 Å². The van der Waals surface area contributed by atoms with Gasteiger partial charge in [-0.05, 0) is 56.0 Å². The Labute approximate surface area is 128 Å². The standard InChI is InChI=1S/C19H26N2/c1-3-13-20-19(15-18-10-6-7-14-21-18)12-11-17-9-5-4-8-16(17)2/h4-10,14,19-20H,3,11-13,15H2,1-2H3. The van der Waals surface area contributed by atoms with Crippen LogP contribution in [-0.4, -0.2) is 17.6 Å². The van der Waals surface area contributed by atoms with Gasteiger partial charge in [0.25, 0.3) is 0 Å². The van der Waals surface area contributed by atoms with E-state index in [9.17, 15) is 0 Å². The van der Waals surface area contributed by atoms with Crippen molar-refractivity contribution >= 4 is 0 Å². The first-order valence-corrected chi connectivity index (χ1v) is 7.97. The molecule has 112 valence electrons. The number of aromatic nitrogens is 1. The van der Waals surface area contributed by atoms with Gasteiger partial charge < -0.3 is 5.32 Å². The lowest BCUT2D eigenvalue weighted by atomic mass is 9.98. The molecule has 0 amide bonds. The summed E-state index contributed by atoms with van der Waals surface area (Å²) in [6.07, 6.45) is 6.34. The minimum atomic E-state index is 0.499. The monoisotopic (exact) mass is 282 g/mol. The maximum Gasteiger partial charge on any atom is 0.0419 e. The highest BCUT2D eigenvalue weighted by atomic mass is 14.9. The summed E-state index contributed by atoms with van der Waals surface area (Å²) in [5.74, 6) is 0. The molecule has 0 saturated heterocycles. The number of benzene rings is 1. The molecule has 2 aromatic rings. The molecule has 2 rings (SSSR count). The average molecular weight is 282 g/mol. The van der Waals surface area contributed by atoms with Gasteiger partial charge in [-0.2, -0.15) is 0 Å². The van der Waals surface area contributed by atoms with E-state index in [4.69, 9.17) is 0 Å². The molecule has 1 unspecified atom stereocenters. The van der Waals surface area contributed by atoms with E-state index in [2.05, 4.69) is 60.5 Å². The van der Waals surface area contributed by atoms with Gasteiger partial charge in [-0.15, -0.1) is 0 Å². The van der Waals surface area contributed by atoms with E-state index in [1.807, 2.05) is 12.3 Å². The molecule has 1 heterocycles. The molecular formula is C19H26N2. The predicted molar refractivity (Wildman–Crippen MR) is 89.5 cm³/mol. The summed E-state index contributed by atoms with van der Waals surface area (Å²) in [7, 11) is 0. The zero-order valence-electron chi connectivity index (χ0n) is 13.2. The van der Waals surface area contributed by atoms with E-state index in [0.717, 1.165) is 25.8 Å². The van der Waals surface area contributed by atoms with Gasteiger partial charge in [0, 0.05) is 24.4 Å². The topological polar surface area (TPSA) is 24.9 Å². The molecule has 1 N–H and O–H groups in total. The lowest BCUT2D eigenvalue weighted by Crippen LogP contribution is -2.32. The summed E-state index contributed by atoms with van der Waals surface area (Å²) in [5.41, 5.74) is 4.03. The molecular weight excluding hydrogens is 256 g/mol. The van der Waals surface area contributed by atoms with Gasteiger partial charge in [-0.1, -0.05) is 37.3 Å². The van der Waals surface area contributed by atoms with E-state index in [1.165, 1.54) is 23.2 Å². The minimum Gasteiger partial charge on any atom is -0.314 e. The smallest absolute Gasteiger partial charge is 0.0419 e. The van der Waals surface area contributed by atoms with E-state index in [0.29, 0.717) is 6.04 Å². The normalized spacial score (nSPS) is 12.3. The Hall–Kier alpha value is -1.67. The summed E-state index contributed by atoms with van der Waals surface area (Å²) in [4.78, 5) is 4.46. The zero-order valence-corrected chi connectivity index (χ0v) is 13.2. The van der Waals surface area contributed by atoms with Gasteiger partial charge >= 0.3 is 0 Å². The minimum absolute atomic E-state index is 0.499. The van der Waals surface area contributed by atoms with Crippen molar-refractivity contribution < 1.29 is 0 Å². The third-order valence-corrected chi connectivity index (χ3v) is 3.89. The second-order valence-electron chi connectivity index (χ2n) is 5.64. The second kappa shape index (κ2) is 8.58. The maximum absolute atomic E-state index is 4.46. The van der Waals surface area contributed by atoms with E-state index in [1.54, 1.807) is 0 Å². The molecule has 21 heavy (non-hydrogen) atoms. The van der Waals surface area contributed by atoms with Gasteiger partial charge in [-0.3, -0.25) is 4.98 Å². The fourth-order valence-electron chi connectivity index (χ4n) is 2.62. The number of aryl methyl sites for hydroxylation is 2. The third kappa shape index (κ3) is 5.31.